The first kappa shape index (κ1) is 13.6. The fourth-order valence-corrected chi connectivity index (χ4v) is 2.51. The molecule has 1 atom stereocenters. The van der Waals surface area contributed by atoms with Crippen molar-refractivity contribution in [3.05, 3.63) is 29.8 Å². The largest absolute Gasteiger partial charge is 0.488 e. The Morgan fingerprint density at radius 3 is 3.00 bits per heavy atom. The fraction of sp³-hybridized carbons (Fsp3) is 0.400. The van der Waals surface area contributed by atoms with Crippen LogP contribution in [0.15, 0.2) is 29.4 Å². The molecule has 21 heavy (non-hydrogen) atoms. The van der Waals surface area contributed by atoms with Crippen LogP contribution in [-0.4, -0.2) is 42.2 Å². The molecule has 0 fully saturated rings. The monoisotopic (exact) mass is 287 g/mol. The molecule has 0 radical (unpaired) electrons. The highest BCUT2D eigenvalue weighted by atomic mass is 16.5. The van der Waals surface area contributed by atoms with Gasteiger partial charge in [-0.3, -0.25) is 9.59 Å². The Bertz CT molecular complexity index is 587. The van der Waals surface area contributed by atoms with Crippen molar-refractivity contribution in [2.45, 2.75) is 25.4 Å². The lowest BCUT2D eigenvalue weighted by molar-refractivity contribution is -0.130. The number of rotatable bonds is 3. The third-order valence-corrected chi connectivity index (χ3v) is 3.67. The summed E-state index contributed by atoms with van der Waals surface area (Å²) in [5.74, 6) is 0.590. The molecule has 1 N–H and O–H groups in total. The van der Waals surface area contributed by atoms with E-state index in [1.54, 1.807) is 7.05 Å². The molecule has 0 bridgehead atoms. The van der Waals surface area contributed by atoms with E-state index in [0.717, 1.165) is 17.7 Å². The van der Waals surface area contributed by atoms with Gasteiger partial charge in [-0.1, -0.05) is 18.2 Å². The van der Waals surface area contributed by atoms with Gasteiger partial charge < -0.3 is 10.1 Å². The number of carbonyl (C=O) groups excluding carboxylic acids is 2. The number of hydrogen-bond acceptors (Lipinski definition) is 4. The van der Waals surface area contributed by atoms with Crippen LogP contribution in [0.3, 0.4) is 0 Å². The van der Waals surface area contributed by atoms with Gasteiger partial charge >= 0.3 is 0 Å². The maximum absolute atomic E-state index is 12.0. The second-order valence-electron chi connectivity index (χ2n) is 5.23. The Hall–Kier alpha value is -2.37. The van der Waals surface area contributed by atoms with E-state index in [9.17, 15) is 9.59 Å². The van der Waals surface area contributed by atoms with Crippen LogP contribution < -0.4 is 10.1 Å². The summed E-state index contributed by atoms with van der Waals surface area (Å²) in [7, 11) is 1.56. The van der Waals surface area contributed by atoms with Crippen molar-refractivity contribution in [1.82, 2.24) is 10.3 Å². The topological polar surface area (TPSA) is 71.0 Å². The smallest absolute Gasteiger partial charge is 0.267 e. The molecule has 2 heterocycles. The number of amides is 2. The minimum Gasteiger partial charge on any atom is -0.488 e. The molecule has 1 aromatic carbocycles. The SMILES string of the molecule is CN1N=C(C(=O)NC[C@@H]2Cc3ccccc3O2)CCC1=O. The quantitative estimate of drug-likeness (QED) is 0.890. The second kappa shape index (κ2) is 5.55. The van der Waals surface area contributed by atoms with Crippen LogP contribution in [0.5, 0.6) is 5.75 Å². The molecule has 3 rings (SSSR count). The van der Waals surface area contributed by atoms with E-state index in [4.69, 9.17) is 4.74 Å². The minimum absolute atomic E-state index is 0.0464. The zero-order valence-corrected chi connectivity index (χ0v) is 11.8. The van der Waals surface area contributed by atoms with Gasteiger partial charge in [0, 0.05) is 26.3 Å². The number of nitrogens with zero attached hydrogens (tertiary/aromatic N) is 2. The Labute approximate surface area is 122 Å². The average Bonchev–Trinajstić information content (AvgIpc) is 2.90. The van der Waals surface area contributed by atoms with Crippen LogP contribution in [0, 0.1) is 0 Å². The number of ether oxygens (including phenoxy) is 1. The molecule has 6 nitrogen and oxygen atoms in total. The number of nitrogens with one attached hydrogen (secondary N) is 1. The third-order valence-electron chi connectivity index (χ3n) is 3.67. The Balaban J connectivity index is 1.54. The summed E-state index contributed by atoms with van der Waals surface area (Å²) in [6, 6.07) is 7.88. The van der Waals surface area contributed by atoms with E-state index >= 15 is 0 Å². The number of benzene rings is 1. The number of para-hydroxylation sites is 1. The summed E-state index contributed by atoms with van der Waals surface area (Å²) in [6.45, 7) is 0.435. The first-order valence-corrected chi connectivity index (χ1v) is 7.00. The van der Waals surface area contributed by atoms with Gasteiger partial charge in [0.25, 0.3) is 5.91 Å². The van der Waals surface area contributed by atoms with Crippen LogP contribution in [0.25, 0.3) is 0 Å². The van der Waals surface area contributed by atoms with Crippen LogP contribution in [0.1, 0.15) is 18.4 Å². The molecule has 0 spiro atoms. The van der Waals surface area contributed by atoms with E-state index in [0.29, 0.717) is 25.1 Å². The summed E-state index contributed by atoms with van der Waals surface area (Å²) >= 11 is 0. The van der Waals surface area contributed by atoms with Gasteiger partial charge in [-0.25, -0.2) is 5.01 Å². The molecule has 110 valence electrons. The van der Waals surface area contributed by atoms with Gasteiger partial charge in [0.2, 0.25) is 5.91 Å². The first-order chi connectivity index (χ1) is 10.1. The third kappa shape index (κ3) is 2.89. The number of hydrazone groups is 1. The molecule has 2 aliphatic rings. The summed E-state index contributed by atoms with van der Waals surface area (Å²) < 4.78 is 5.76. The van der Waals surface area contributed by atoms with E-state index in [1.165, 1.54) is 5.01 Å². The molecular formula is C15H17N3O3. The number of fused-ring (bicyclic) bond motifs is 1. The molecule has 6 heteroatoms. The molecule has 0 saturated heterocycles. The molecule has 0 saturated carbocycles. The zero-order valence-electron chi connectivity index (χ0n) is 11.8. The van der Waals surface area contributed by atoms with Crippen molar-refractivity contribution in [3.8, 4) is 5.75 Å². The maximum atomic E-state index is 12.0. The molecule has 0 aromatic heterocycles. The summed E-state index contributed by atoms with van der Waals surface area (Å²) in [5.41, 5.74) is 1.56. The van der Waals surface area contributed by atoms with E-state index in [1.807, 2.05) is 24.3 Å². The van der Waals surface area contributed by atoms with Gasteiger partial charge in [0.05, 0.1) is 6.54 Å². The Kier molecular flexibility index (Phi) is 3.60. The molecule has 2 aliphatic heterocycles. The predicted molar refractivity (Wildman–Crippen MR) is 77.0 cm³/mol. The van der Waals surface area contributed by atoms with Crippen molar-refractivity contribution in [2.75, 3.05) is 13.6 Å². The second-order valence-corrected chi connectivity index (χ2v) is 5.23. The molecule has 0 unspecified atom stereocenters. The maximum Gasteiger partial charge on any atom is 0.267 e. The van der Waals surface area contributed by atoms with Crippen LogP contribution >= 0.6 is 0 Å². The summed E-state index contributed by atoms with van der Waals surface area (Å²) in [6.07, 6.45) is 1.46. The van der Waals surface area contributed by atoms with E-state index < -0.39 is 0 Å². The highest BCUT2D eigenvalue weighted by Crippen LogP contribution is 2.27. The van der Waals surface area contributed by atoms with Gasteiger partial charge in [0.1, 0.15) is 17.6 Å². The van der Waals surface area contributed by atoms with Crippen molar-refractivity contribution in [3.63, 3.8) is 0 Å². The van der Waals surface area contributed by atoms with E-state index in [-0.39, 0.29) is 17.9 Å². The van der Waals surface area contributed by atoms with Gasteiger partial charge in [0.15, 0.2) is 0 Å². The normalized spacial score (nSPS) is 20.6. The van der Waals surface area contributed by atoms with Crippen molar-refractivity contribution in [1.29, 1.82) is 0 Å². The lowest BCUT2D eigenvalue weighted by atomic mass is 10.1. The van der Waals surface area contributed by atoms with Crippen LogP contribution in [0.4, 0.5) is 0 Å². The van der Waals surface area contributed by atoms with Gasteiger partial charge in [-0.15, -0.1) is 0 Å². The fourth-order valence-electron chi connectivity index (χ4n) is 2.51. The standard InChI is InChI=1S/C15H17N3O3/c1-18-14(19)7-6-12(17-18)15(20)16-9-11-8-10-4-2-3-5-13(10)21-11/h2-5,11H,6-9H2,1H3,(H,16,20)/t11-/m0/s1. The lowest BCUT2D eigenvalue weighted by Gasteiger charge is -2.19. The average molecular weight is 287 g/mol. The Morgan fingerprint density at radius 1 is 1.43 bits per heavy atom. The highest BCUT2D eigenvalue weighted by Gasteiger charge is 2.25. The first-order valence-electron chi connectivity index (χ1n) is 7.00. The van der Waals surface area contributed by atoms with Gasteiger partial charge in [-0.05, 0) is 11.6 Å². The summed E-state index contributed by atoms with van der Waals surface area (Å²) in [5, 5.41) is 8.05. The molecular weight excluding hydrogens is 270 g/mol. The molecule has 0 aliphatic carbocycles. The Morgan fingerprint density at radius 2 is 2.24 bits per heavy atom. The lowest BCUT2D eigenvalue weighted by Crippen LogP contribution is -2.41. The van der Waals surface area contributed by atoms with E-state index in [2.05, 4.69) is 10.4 Å². The van der Waals surface area contributed by atoms with Crippen molar-refractivity contribution in [2.24, 2.45) is 5.10 Å². The van der Waals surface area contributed by atoms with Crippen LogP contribution in [-0.2, 0) is 16.0 Å². The highest BCUT2D eigenvalue weighted by molar-refractivity contribution is 6.39. The van der Waals surface area contributed by atoms with Crippen LogP contribution in [0.2, 0.25) is 0 Å². The molecule has 1 aromatic rings. The van der Waals surface area contributed by atoms with Gasteiger partial charge in [-0.2, -0.15) is 5.10 Å². The predicted octanol–water partition coefficient (Wildman–Crippen LogP) is 0.714. The van der Waals surface area contributed by atoms with Crippen molar-refractivity contribution >= 4 is 17.5 Å². The number of hydrogen-bond donors (Lipinski definition) is 1. The number of carbonyl (C=O) groups is 2. The zero-order chi connectivity index (χ0) is 14.8. The molecule has 2 amide bonds. The summed E-state index contributed by atoms with van der Waals surface area (Å²) in [4.78, 5) is 23.4. The minimum atomic E-state index is -0.228. The van der Waals surface area contributed by atoms with Crippen molar-refractivity contribution < 1.29 is 14.3 Å².